The predicted molar refractivity (Wildman–Crippen MR) is 84.7 cm³/mol. The molecule has 10 heteroatoms. The number of nitrogen functional groups attached to an aromatic ring is 1. The number of nitrogens with zero attached hydrogens (tertiary/aromatic N) is 1. The van der Waals surface area contributed by atoms with Crippen molar-refractivity contribution >= 4 is 54.0 Å². The van der Waals surface area contributed by atoms with E-state index in [1.54, 1.807) is 6.92 Å². The third kappa shape index (κ3) is 3.59. The molecule has 112 valence electrons. The van der Waals surface area contributed by atoms with Crippen LogP contribution in [0, 0.1) is 6.92 Å². The molecule has 21 heavy (non-hydrogen) atoms. The first-order valence-electron chi connectivity index (χ1n) is 5.55. The molecule has 1 heterocycles. The Kier molecular flexibility index (Phi) is 4.33. The number of carbonyl (C=O) groups is 1. The number of thiazole rings is 1. The topological polar surface area (TPSA) is 128 Å². The van der Waals surface area contributed by atoms with Crippen LogP contribution in [0.4, 0.5) is 10.8 Å². The standard InChI is InChI=1S/C11H11BrN4O3S2/c1-5-9(20-11(13)15-5)10(17)16-8-3-2-6(4-7(8)12)21(14,18)19/h2-4H,1H3,(H2,13,15)(H,16,17)(H2,14,18,19). The Morgan fingerprint density at radius 3 is 2.57 bits per heavy atom. The molecule has 0 aliphatic heterocycles. The first-order valence-corrected chi connectivity index (χ1v) is 8.70. The molecule has 0 radical (unpaired) electrons. The highest BCUT2D eigenvalue weighted by Crippen LogP contribution is 2.27. The number of hydrogen-bond donors (Lipinski definition) is 3. The van der Waals surface area contributed by atoms with Crippen LogP contribution in [0.3, 0.4) is 0 Å². The van der Waals surface area contributed by atoms with Crippen molar-refractivity contribution < 1.29 is 13.2 Å². The summed E-state index contributed by atoms with van der Waals surface area (Å²) in [5.41, 5.74) is 6.50. The van der Waals surface area contributed by atoms with Gasteiger partial charge < -0.3 is 11.1 Å². The fourth-order valence-corrected chi connectivity index (χ4v) is 3.48. The molecule has 0 saturated carbocycles. The number of nitrogens with one attached hydrogen (secondary N) is 1. The summed E-state index contributed by atoms with van der Waals surface area (Å²) in [6, 6.07) is 4.07. The van der Waals surface area contributed by atoms with Gasteiger partial charge in [-0.25, -0.2) is 18.5 Å². The Morgan fingerprint density at radius 2 is 2.10 bits per heavy atom. The normalized spacial score (nSPS) is 11.4. The highest BCUT2D eigenvalue weighted by molar-refractivity contribution is 9.10. The minimum absolute atomic E-state index is 0.0504. The molecule has 1 aromatic heterocycles. The minimum Gasteiger partial charge on any atom is -0.375 e. The average molecular weight is 391 g/mol. The molecule has 2 aromatic rings. The lowest BCUT2D eigenvalue weighted by Gasteiger charge is -2.08. The van der Waals surface area contributed by atoms with E-state index in [0.717, 1.165) is 11.3 Å². The number of benzene rings is 1. The Bertz CT molecular complexity index is 817. The van der Waals surface area contributed by atoms with Gasteiger partial charge in [0.15, 0.2) is 5.13 Å². The number of aromatic nitrogens is 1. The average Bonchev–Trinajstić information content (AvgIpc) is 2.69. The van der Waals surface area contributed by atoms with Crippen molar-refractivity contribution in [1.82, 2.24) is 4.98 Å². The number of rotatable bonds is 3. The van der Waals surface area contributed by atoms with Crippen molar-refractivity contribution in [2.75, 3.05) is 11.1 Å². The van der Waals surface area contributed by atoms with Gasteiger partial charge in [0.2, 0.25) is 10.0 Å². The van der Waals surface area contributed by atoms with Gasteiger partial charge in [0.1, 0.15) is 4.88 Å². The van der Waals surface area contributed by atoms with Gasteiger partial charge in [-0.2, -0.15) is 0 Å². The van der Waals surface area contributed by atoms with Crippen molar-refractivity contribution in [3.63, 3.8) is 0 Å². The van der Waals surface area contributed by atoms with Gasteiger partial charge in [-0.1, -0.05) is 11.3 Å². The van der Waals surface area contributed by atoms with Gasteiger partial charge in [-0.05, 0) is 41.1 Å². The summed E-state index contributed by atoms with van der Waals surface area (Å²) < 4.78 is 22.9. The predicted octanol–water partition coefficient (Wildman–Crippen LogP) is 1.70. The van der Waals surface area contributed by atoms with E-state index >= 15 is 0 Å². The molecule has 1 amide bonds. The summed E-state index contributed by atoms with van der Waals surface area (Å²) in [7, 11) is -3.79. The number of hydrogen-bond acceptors (Lipinski definition) is 6. The molecule has 0 fully saturated rings. The molecule has 0 bridgehead atoms. The summed E-state index contributed by atoms with van der Waals surface area (Å²) >= 11 is 4.27. The SMILES string of the molecule is Cc1nc(N)sc1C(=O)Nc1ccc(S(N)(=O)=O)cc1Br. The fraction of sp³-hybridized carbons (Fsp3) is 0.0909. The molecule has 1 aromatic carbocycles. The zero-order valence-electron chi connectivity index (χ0n) is 10.8. The van der Waals surface area contributed by atoms with Crippen molar-refractivity contribution in [2.45, 2.75) is 11.8 Å². The quantitative estimate of drug-likeness (QED) is 0.734. The van der Waals surface area contributed by atoms with Crippen molar-refractivity contribution in [2.24, 2.45) is 5.14 Å². The molecule has 0 aliphatic rings. The minimum atomic E-state index is -3.79. The molecule has 0 aliphatic carbocycles. The first kappa shape index (κ1) is 15.9. The Balaban J connectivity index is 2.28. The van der Waals surface area contributed by atoms with Gasteiger partial charge in [-0.3, -0.25) is 4.79 Å². The highest BCUT2D eigenvalue weighted by atomic mass is 79.9. The molecular formula is C11H11BrN4O3S2. The summed E-state index contributed by atoms with van der Waals surface area (Å²) in [6.45, 7) is 1.68. The van der Waals surface area contributed by atoms with Gasteiger partial charge in [0, 0.05) is 4.47 Å². The third-order valence-electron chi connectivity index (χ3n) is 2.54. The second kappa shape index (κ2) is 5.72. The van der Waals surface area contributed by atoms with Gasteiger partial charge in [0.05, 0.1) is 16.3 Å². The van der Waals surface area contributed by atoms with Crippen LogP contribution in [0.2, 0.25) is 0 Å². The van der Waals surface area contributed by atoms with Crippen LogP contribution in [0.25, 0.3) is 0 Å². The van der Waals surface area contributed by atoms with Crippen molar-refractivity contribution in [3.05, 3.63) is 33.2 Å². The van der Waals surface area contributed by atoms with E-state index in [0.29, 0.717) is 25.9 Å². The van der Waals surface area contributed by atoms with Gasteiger partial charge >= 0.3 is 0 Å². The molecule has 0 saturated heterocycles. The van der Waals surface area contributed by atoms with E-state index in [1.807, 2.05) is 0 Å². The maximum atomic E-state index is 12.1. The number of anilines is 2. The Labute approximate surface area is 133 Å². The Hall–Kier alpha value is -1.49. The number of aryl methyl sites for hydroxylation is 1. The van der Waals surface area contributed by atoms with Crippen LogP contribution in [-0.4, -0.2) is 19.3 Å². The van der Waals surface area contributed by atoms with Crippen LogP contribution < -0.4 is 16.2 Å². The lowest BCUT2D eigenvalue weighted by Crippen LogP contribution is -2.14. The van der Waals surface area contributed by atoms with E-state index in [-0.39, 0.29) is 10.8 Å². The highest BCUT2D eigenvalue weighted by Gasteiger charge is 2.16. The number of nitrogens with two attached hydrogens (primary N) is 2. The number of sulfonamides is 1. The lowest BCUT2D eigenvalue weighted by atomic mass is 10.3. The molecule has 0 spiro atoms. The van der Waals surface area contributed by atoms with Crippen LogP contribution in [0.5, 0.6) is 0 Å². The summed E-state index contributed by atoms with van der Waals surface area (Å²) in [6.07, 6.45) is 0. The molecule has 0 unspecified atom stereocenters. The molecule has 2 rings (SSSR count). The third-order valence-corrected chi connectivity index (χ3v) is 5.09. The molecule has 7 nitrogen and oxygen atoms in total. The van der Waals surface area contributed by atoms with E-state index in [9.17, 15) is 13.2 Å². The number of halogens is 1. The summed E-state index contributed by atoms with van der Waals surface area (Å²) in [5, 5.41) is 7.99. The molecule has 0 atom stereocenters. The van der Waals surface area contributed by atoms with Crippen LogP contribution >= 0.6 is 27.3 Å². The fourth-order valence-electron chi connectivity index (χ4n) is 1.58. The summed E-state index contributed by atoms with van der Waals surface area (Å²) in [4.78, 5) is 16.4. The van der Waals surface area contributed by atoms with Crippen LogP contribution in [0.15, 0.2) is 27.6 Å². The zero-order valence-corrected chi connectivity index (χ0v) is 14.0. The maximum absolute atomic E-state index is 12.1. The summed E-state index contributed by atoms with van der Waals surface area (Å²) in [5.74, 6) is -0.370. The van der Waals surface area contributed by atoms with Gasteiger partial charge in [-0.15, -0.1) is 0 Å². The monoisotopic (exact) mass is 390 g/mol. The van der Waals surface area contributed by atoms with Crippen molar-refractivity contribution in [1.29, 1.82) is 0 Å². The number of amides is 1. The first-order chi connectivity index (χ1) is 9.68. The lowest BCUT2D eigenvalue weighted by molar-refractivity contribution is 0.102. The van der Waals surface area contributed by atoms with E-state index in [4.69, 9.17) is 10.9 Å². The van der Waals surface area contributed by atoms with Gasteiger partial charge in [0.25, 0.3) is 5.91 Å². The smallest absolute Gasteiger partial charge is 0.267 e. The van der Waals surface area contributed by atoms with E-state index in [1.165, 1.54) is 18.2 Å². The number of primary sulfonamides is 1. The Morgan fingerprint density at radius 1 is 1.43 bits per heavy atom. The van der Waals surface area contributed by atoms with E-state index < -0.39 is 10.0 Å². The zero-order chi connectivity index (χ0) is 15.8. The van der Waals surface area contributed by atoms with E-state index in [2.05, 4.69) is 26.2 Å². The van der Waals surface area contributed by atoms with Crippen molar-refractivity contribution in [3.8, 4) is 0 Å². The number of carbonyl (C=O) groups excluding carboxylic acids is 1. The largest absolute Gasteiger partial charge is 0.375 e. The van der Waals surface area contributed by atoms with Crippen LogP contribution in [0.1, 0.15) is 15.4 Å². The molecule has 5 N–H and O–H groups in total. The maximum Gasteiger partial charge on any atom is 0.267 e. The van der Waals surface area contributed by atoms with Crippen LogP contribution in [-0.2, 0) is 10.0 Å². The molecular weight excluding hydrogens is 380 g/mol. The second-order valence-electron chi connectivity index (χ2n) is 4.11. The second-order valence-corrected chi connectivity index (χ2v) is 7.55.